The van der Waals surface area contributed by atoms with Gasteiger partial charge in [0.25, 0.3) is 5.91 Å². The summed E-state index contributed by atoms with van der Waals surface area (Å²) in [5.41, 5.74) is 3.04. The largest absolute Gasteiger partial charge is 0.359 e. The van der Waals surface area contributed by atoms with Crippen LogP contribution in [0.4, 0.5) is 5.95 Å². The number of aromatic nitrogens is 6. The zero-order valence-electron chi connectivity index (χ0n) is 20.7. The SMILES string of the molecule is CCN(CC)Cc1onc(-c2cccc(Cl)c2)c1-c1ccnc(N[C@@H]2CCN(C(=O)c3ncn[nH]3)C2)n1. The van der Waals surface area contributed by atoms with Gasteiger partial charge in [0, 0.05) is 35.9 Å². The van der Waals surface area contributed by atoms with Gasteiger partial charge in [-0.2, -0.15) is 5.10 Å². The van der Waals surface area contributed by atoms with Gasteiger partial charge in [-0.25, -0.2) is 15.0 Å². The third kappa shape index (κ3) is 5.47. The molecule has 0 unspecified atom stereocenters. The Kier molecular flexibility index (Phi) is 7.42. The second kappa shape index (κ2) is 11.1. The molecule has 4 heterocycles. The lowest BCUT2D eigenvalue weighted by Crippen LogP contribution is -2.32. The number of nitrogens with zero attached hydrogens (tertiary/aromatic N) is 7. The third-order valence-electron chi connectivity index (χ3n) is 6.46. The van der Waals surface area contributed by atoms with Crippen molar-refractivity contribution in [3.8, 4) is 22.5 Å². The summed E-state index contributed by atoms with van der Waals surface area (Å²) in [6, 6.07) is 9.39. The van der Waals surface area contributed by atoms with Gasteiger partial charge in [0.1, 0.15) is 12.0 Å². The highest BCUT2D eigenvalue weighted by atomic mass is 35.5. The average Bonchev–Trinajstić information content (AvgIpc) is 3.68. The minimum Gasteiger partial charge on any atom is -0.359 e. The summed E-state index contributed by atoms with van der Waals surface area (Å²) in [5, 5.41) is 14.8. The van der Waals surface area contributed by atoms with Crippen LogP contribution in [0.25, 0.3) is 22.5 Å². The summed E-state index contributed by atoms with van der Waals surface area (Å²) < 4.78 is 5.85. The summed E-state index contributed by atoms with van der Waals surface area (Å²) in [6.07, 6.45) is 3.81. The lowest BCUT2D eigenvalue weighted by molar-refractivity contribution is 0.0780. The number of benzene rings is 1. The fourth-order valence-electron chi connectivity index (χ4n) is 4.45. The highest BCUT2D eigenvalue weighted by Crippen LogP contribution is 2.35. The lowest BCUT2D eigenvalue weighted by Gasteiger charge is -2.17. The van der Waals surface area contributed by atoms with Crippen LogP contribution in [0, 0.1) is 0 Å². The molecule has 5 rings (SSSR count). The molecule has 1 aliphatic heterocycles. The van der Waals surface area contributed by atoms with Crippen molar-refractivity contribution in [3.63, 3.8) is 0 Å². The zero-order chi connectivity index (χ0) is 25.8. The van der Waals surface area contributed by atoms with Crippen molar-refractivity contribution in [2.75, 3.05) is 31.5 Å². The Balaban J connectivity index is 1.41. The number of hydrogen-bond acceptors (Lipinski definition) is 9. The van der Waals surface area contributed by atoms with E-state index in [2.05, 4.69) is 49.4 Å². The highest BCUT2D eigenvalue weighted by Gasteiger charge is 2.29. The van der Waals surface area contributed by atoms with Crippen molar-refractivity contribution < 1.29 is 9.32 Å². The predicted octanol–water partition coefficient (Wildman–Crippen LogP) is 3.74. The van der Waals surface area contributed by atoms with E-state index in [1.807, 2.05) is 30.3 Å². The molecule has 0 spiro atoms. The number of likely N-dealkylation sites (tertiary alicyclic amines) is 1. The smallest absolute Gasteiger partial charge is 0.291 e. The van der Waals surface area contributed by atoms with Gasteiger partial charge < -0.3 is 14.7 Å². The molecule has 1 aromatic carbocycles. The Morgan fingerprint density at radius 1 is 1.27 bits per heavy atom. The Morgan fingerprint density at radius 3 is 2.89 bits per heavy atom. The molecule has 0 aliphatic carbocycles. The maximum absolute atomic E-state index is 12.6. The van der Waals surface area contributed by atoms with Crippen LogP contribution in [-0.4, -0.2) is 78.2 Å². The van der Waals surface area contributed by atoms with Gasteiger partial charge in [0.15, 0.2) is 5.76 Å². The number of anilines is 1. The first-order valence-corrected chi connectivity index (χ1v) is 12.6. The molecule has 37 heavy (non-hydrogen) atoms. The van der Waals surface area contributed by atoms with E-state index in [4.69, 9.17) is 21.1 Å². The molecule has 4 aromatic rings. The molecule has 0 saturated carbocycles. The Labute approximate surface area is 219 Å². The second-order valence-corrected chi connectivity index (χ2v) is 9.22. The van der Waals surface area contributed by atoms with E-state index < -0.39 is 0 Å². The quantitative estimate of drug-likeness (QED) is 0.338. The Morgan fingerprint density at radius 2 is 2.14 bits per heavy atom. The molecule has 0 radical (unpaired) electrons. The minimum atomic E-state index is -0.173. The number of halogens is 1. The van der Waals surface area contributed by atoms with E-state index in [0.717, 1.165) is 36.4 Å². The molecule has 1 atom stereocenters. The first kappa shape index (κ1) is 24.8. The Bertz CT molecular complexity index is 1350. The van der Waals surface area contributed by atoms with Crippen molar-refractivity contribution in [1.82, 2.24) is 40.1 Å². The second-order valence-electron chi connectivity index (χ2n) is 8.78. The number of rotatable bonds is 9. The van der Waals surface area contributed by atoms with Gasteiger partial charge in [0.05, 0.1) is 17.8 Å². The van der Waals surface area contributed by atoms with Gasteiger partial charge >= 0.3 is 0 Å². The van der Waals surface area contributed by atoms with Crippen molar-refractivity contribution in [1.29, 1.82) is 0 Å². The van der Waals surface area contributed by atoms with Crippen LogP contribution in [0.2, 0.25) is 5.02 Å². The predicted molar refractivity (Wildman–Crippen MR) is 139 cm³/mol. The zero-order valence-corrected chi connectivity index (χ0v) is 21.4. The van der Waals surface area contributed by atoms with E-state index in [9.17, 15) is 4.79 Å². The molecule has 0 bridgehead atoms. The highest BCUT2D eigenvalue weighted by molar-refractivity contribution is 6.30. The topological polar surface area (TPSA) is 129 Å². The molecular weight excluding hydrogens is 494 g/mol. The van der Waals surface area contributed by atoms with E-state index in [-0.39, 0.29) is 17.8 Å². The molecule has 1 fully saturated rings. The summed E-state index contributed by atoms with van der Waals surface area (Å²) >= 11 is 6.28. The van der Waals surface area contributed by atoms with Gasteiger partial charge in [-0.3, -0.25) is 14.8 Å². The van der Waals surface area contributed by atoms with Crippen LogP contribution in [0.15, 0.2) is 47.4 Å². The molecule has 3 aromatic heterocycles. The van der Waals surface area contributed by atoms with Gasteiger partial charge in [-0.15, -0.1) is 0 Å². The standard InChI is InChI=1S/C25H28ClN9O2/c1-3-34(4-2)14-20-21(22(33-37-20)16-6-5-7-17(26)12-16)19-8-10-27-25(31-19)30-18-9-11-35(13-18)24(36)23-28-15-29-32-23/h5-8,10,12,15,18H,3-4,9,11,13-14H2,1-2H3,(H,27,30,31)(H,28,29,32)/t18-/m1/s1. The number of nitrogens with one attached hydrogen (secondary N) is 2. The van der Waals surface area contributed by atoms with Crippen LogP contribution in [-0.2, 0) is 6.54 Å². The first-order chi connectivity index (χ1) is 18.1. The van der Waals surface area contributed by atoms with Crippen molar-refractivity contribution in [2.24, 2.45) is 0 Å². The number of aromatic amines is 1. The normalized spacial score (nSPS) is 15.5. The van der Waals surface area contributed by atoms with E-state index >= 15 is 0 Å². The molecule has 1 aliphatic rings. The number of H-pyrrole nitrogens is 1. The number of carbonyl (C=O) groups is 1. The maximum atomic E-state index is 12.6. The van der Waals surface area contributed by atoms with Crippen molar-refractivity contribution in [2.45, 2.75) is 32.9 Å². The summed E-state index contributed by atoms with van der Waals surface area (Å²) in [7, 11) is 0. The van der Waals surface area contributed by atoms with Crippen LogP contribution in [0.1, 0.15) is 36.6 Å². The van der Waals surface area contributed by atoms with E-state index in [0.29, 0.717) is 42.0 Å². The van der Waals surface area contributed by atoms with Gasteiger partial charge in [-0.05, 0) is 37.7 Å². The first-order valence-electron chi connectivity index (χ1n) is 12.3. The average molecular weight is 522 g/mol. The monoisotopic (exact) mass is 521 g/mol. The maximum Gasteiger partial charge on any atom is 0.291 e. The molecular formula is C25H28ClN9O2. The molecule has 1 saturated heterocycles. The fraction of sp³-hybridized carbons (Fsp3) is 0.360. The van der Waals surface area contributed by atoms with Crippen molar-refractivity contribution >= 4 is 23.5 Å². The molecule has 192 valence electrons. The summed E-state index contributed by atoms with van der Waals surface area (Å²) in [5.74, 6) is 1.27. The molecule has 11 nitrogen and oxygen atoms in total. The lowest BCUT2D eigenvalue weighted by atomic mass is 10.0. The molecule has 1 amide bonds. The minimum absolute atomic E-state index is 0.00661. The summed E-state index contributed by atoms with van der Waals surface area (Å²) in [4.78, 5) is 29.8. The Hall–Kier alpha value is -3.83. The van der Waals surface area contributed by atoms with Crippen LogP contribution >= 0.6 is 11.6 Å². The fourth-order valence-corrected chi connectivity index (χ4v) is 4.64. The van der Waals surface area contributed by atoms with Crippen LogP contribution in [0.5, 0.6) is 0 Å². The molecule has 2 N–H and O–H groups in total. The van der Waals surface area contributed by atoms with Crippen LogP contribution in [0.3, 0.4) is 0 Å². The van der Waals surface area contributed by atoms with Crippen molar-refractivity contribution in [3.05, 3.63) is 59.5 Å². The number of carbonyl (C=O) groups excluding carboxylic acids is 1. The number of amides is 1. The van der Waals surface area contributed by atoms with Crippen LogP contribution < -0.4 is 5.32 Å². The summed E-state index contributed by atoms with van der Waals surface area (Å²) in [6.45, 7) is 7.71. The third-order valence-corrected chi connectivity index (χ3v) is 6.70. The van der Waals surface area contributed by atoms with Gasteiger partial charge in [0.2, 0.25) is 11.8 Å². The van der Waals surface area contributed by atoms with E-state index in [1.165, 1.54) is 6.33 Å². The number of hydrogen-bond donors (Lipinski definition) is 2. The van der Waals surface area contributed by atoms with Gasteiger partial charge in [-0.1, -0.05) is 42.7 Å². The molecule has 12 heteroatoms. The van der Waals surface area contributed by atoms with E-state index in [1.54, 1.807) is 11.1 Å².